The van der Waals surface area contributed by atoms with Crippen LogP contribution in [-0.4, -0.2) is 57.5 Å². The maximum Gasteiger partial charge on any atom is 0.410 e. The van der Waals surface area contributed by atoms with Crippen LogP contribution >= 0.6 is 0 Å². The Bertz CT molecular complexity index is 352. The lowest BCUT2D eigenvalue weighted by Gasteiger charge is -2.28. The molecule has 1 aliphatic rings. The zero-order valence-corrected chi connectivity index (χ0v) is 10.8. The number of carbonyl (C=O) groups is 2. The molecule has 104 valence electrons. The zero-order chi connectivity index (χ0) is 14.1. The van der Waals surface area contributed by atoms with Crippen LogP contribution in [0, 0.1) is 0 Å². The highest BCUT2D eigenvalue weighted by Gasteiger charge is 2.46. The molecule has 7 heteroatoms. The Hall–Kier alpha value is -1.34. The molecule has 0 saturated carbocycles. The van der Waals surface area contributed by atoms with Gasteiger partial charge in [-0.05, 0) is 27.2 Å². The number of carboxylic acids is 1. The maximum absolute atomic E-state index is 11.8. The monoisotopic (exact) mass is 260 g/mol. The number of carboxylic acid groups (broad SMARTS) is 1. The minimum atomic E-state index is -1.69. The van der Waals surface area contributed by atoms with Crippen molar-refractivity contribution in [2.24, 2.45) is 5.73 Å². The molecular weight excluding hydrogens is 240 g/mol. The van der Waals surface area contributed by atoms with Crippen molar-refractivity contribution in [1.82, 2.24) is 4.90 Å². The molecule has 18 heavy (non-hydrogen) atoms. The smallest absolute Gasteiger partial charge is 0.410 e. The van der Waals surface area contributed by atoms with Crippen LogP contribution in [-0.2, 0) is 9.53 Å². The first-order valence-corrected chi connectivity index (χ1v) is 5.73. The van der Waals surface area contributed by atoms with E-state index in [-0.39, 0.29) is 19.5 Å². The number of carbonyl (C=O) groups excluding carboxylic acids is 1. The quantitative estimate of drug-likeness (QED) is 0.632. The molecule has 4 N–H and O–H groups in total. The number of likely N-dealkylation sites (tertiary alicyclic amines) is 1. The van der Waals surface area contributed by atoms with Gasteiger partial charge in [0.05, 0.1) is 5.54 Å². The van der Waals surface area contributed by atoms with Crippen molar-refractivity contribution in [3.05, 3.63) is 0 Å². The van der Waals surface area contributed by atoms with Gasteiger partial charge in [0.15, 0.2) is 6.10 Å². The van der Waals surface area contributed by atoms with E-state index in [1.54, 1.807) is 20.8 Å². The average Bonchev–Trinajstić information content (AvgIpc) is 2.58. The third-order valence-corrected chi connectivity index (χ3v) is 2.76. The lowest BCUT2D eigenvalue weighted by molar-refractivity contribution is -0.150. The number of ether oxygens (including phenoxy) is 1. The van der Waals surface area contributed by atoms with Crippen LogP contribution in [0.25, 0.3) is 0 Å². The Kier molecular flexibility index (Phi) is 3.87. The summed E-state index contributed by atoms with van der Waals surface area (Å²) in [5, 5.41) is 18.3. The Morgan fingerprint density at radius 3 is 2.44 bits per heavy atom. The molecule has 0 aliphatic carbocycles. The fourth-order valence-electron chi connectivity index (χ4n) is 1.81. The highest BCUT2D eigenvalue weighted by atomic mass is 16.6. The van der Waals surface area contributed by atoms with E-state index in [9.17, 15) is 14.7 Å². The van der Waals surface area contributed by atoms with Crippen molar-refractivity contribution in [2.75, 3.05) is 13.1 Å². The van der Waals surface area contributed by atoms with Crippen molar-refractivity contribution in [3.63, 3.8) is 0 Å². The molecule has 1 aliphatic heterocycles. The second kappa shape index (κ2) is 4.74. The molecular formula is C11H20N2O5. The molecule has 0 radical (unpaired) electrons. The van der Waals surface area contributed by atoms with Crippen LogP contribution in [0.3, 0.4) is 0 Å². The van der Waals surface area contributed by atoms with Gasteiger partial charge in [-0.2, -0.15) is 0 Å². The normalized spacial score (nSPS) is 25.9. The molecule has 1 amide bonds. The van der Waals surface area contributed by atoms with Crippen molar-refractivity contribution < 1.29 is 24.5 Å². The first-order valence-electron chi connectivity index (χ1n) is 5.73. The fourth-order valence-corrected chi connectivity index (χ4v) is 1.81. The highest BCUT2D eigenvalue weighted by Crippen LogP contribution is 2.24. The topological polar surface area (TPSA) is 113 Å². The Labute approximate surface area is 106 Å². The highest BCUT2D eigenvalue weighted by molar-refractivity contribution is 5.75. The summed E-state index contributed by atoms with van der Waals surface area (Å²) in [6, 6.07) is 0. The van der Waals surface area contributed by atoms with E-state index in [4.69, 9.17) is 15.6 Å². The van der Waals surface area contributed by atoms with Crippen LogP contribution in [0.5, 0.6) is 0 Å². The minimum Gasteiger partial charge on any atom is -0.479 e. The van der Waals surface area contributed by atoms with Gasteiger partial charge in [0, 0.05) is 13.1 Å². The second-order valence-electron chi connectivity index (χ2n) is 5.63. The third-order valence-electron chi connectivity index (χ3n) is 2.76. The van der Waals surface area contributed by atoms with E-state index in [1.807, 2.05) is 0 Å². The molecule has 0 aromatic heterocycles. The van der Waals surface area contributed by atoms with Gasteiger partial charge in [0.2, 0.25) is 0 Å². The molecule has 1 saturated heterocycles. The Balaban J connectivity index is 2.66. The summed E-state index contributed by atoms with van der Waals surface area (Å²) >= 11 is 0. The number of nitrogens with zero attached hydrogens (tertiary/aromatic N) is 1. The minimum absolute atomic E-state index is 0.0324. The zero-order valence-electron chi connectivity index (χ0n) is 10.8. The van der Waals surface area contributed by atoms with E-state index in [0.29, 0.717) is 0 Å². The lowest BCUT2D eigenvalue weighted by atomic mass is 9.93. The molecule has 2 atom stereocenters. The van der Waals surface area contributed by atoms with Crippen molar-refractivity contribution in [1.29, 1.82) is 0 Å². The van der Waals surface area contributed by atoms with Crippen molar-refractivity contribution >= 4 is 12.1 Å². The third kappa shape index (κ3) is 3.33. The van der Waals surface area contributed by atoms with Gasteiger partial charge in [-0.3, -0.25) is 0 Å². The molecule has 2 unspecified atom stereocenters. The van der Waals surface area contributed by atoms with Crippen LogP contribution in [0.1, 0.15) is 27.2 Å². The van der Waals surface area contributed by atoms with Crippen LogP contribution < -0.4 is 5.73 Å². The van der Waals surface area contributed by atoms with Crippen LogP contribution in [0.2, 0.25) is 0 Å². The summed E-state index contributed by atoms with van der Waals surface area (Å²) in [7, 11) is 0. The molecule has 0 aromatic rings. The van der Waals surface area contributed by atoms with E-state index < -0.39 is 29.3 Å². The maximum atomic E-state index is 11.8. The number of hydrogen-bond donors (Lipinski definition) is 3. The number of aliphatic hydroxyl groups is 1. The summed E-state index contributed by atoms with van der Waals surface area (Å²) < 4.78 is 5.16. The molecule has 0 aromatic carbocycles. The van der Waals surface area contributed by atoms with Gasteiger partial charge in [-0.25, -0.2) is 9.59 Å². The Morgan fingerprint density at radius 1 is 1.44 bits per heavy atom. The molecule has 1 heterocycles. The molecule has 1 fully saturated rings. The predicted octanol–water partition coefficient (Wildman–Crippen LogP) is -0.230. The van der Waals surface area contributed by atoms with Crippen molar-refractivity contribution in [2.45, 2.75) is 44.4 Å². The van der Waals surface area contributed by atoms with Gasteiger partial charge in [0.25, 0.3) is 0 Å². The number of rotatable bonds is 2. The summed E-state index contributed by atoms with van der Waals surface area (Å²) in [4.78, 5) is 23.8. The lowest BCUT2D eigenvalue weighted by Crippen LogP contribution is -2.56. The van der Waals surface area contributed by atoms with Gasteiger partial charge >= 0.3 is 12.1 Å². The number of amides is 1. The van der Waals surface area contributed by atoms with Crippen LogP contribution in [0.15, 0.2) is 0 Å². The molecule has 7 nitrogen and oxygen atoms in total. The number of aliphatic carboxylic acids is 1. The number of nitrogens with two attached hydrogens (primary N) is 1. The summed E-state index contributed by atoms with van der Waals surface area (Å²) in [5.74, 6) is -1.39. The first-order chi connectivity index (χ1) is 8.05. The van der Waals surface area contributed by atoms with Gasteiger partial charge in [-0.1, -0.05) is 0 Å². The number of hydrogen-bond acceptors (Lipinski definition) is 5. The second-order valence-corrected chi connectivity index (χ2v) is 5.63. The molecule has 0 spiro atoms. The summed E-state index contributed by atoms with van der Waals surface area (Å²) in [6.45, 7) is 5.46. The van der Waals surface area contributed by atoms with Gasteiger partial charge in [-0.15, -0.1) is 0 Å². The first kappa shape index (κ1) is 14.7. The van der Waals surface area contributed by atoms with E-state index in [1.165, 1.54) is 4.90 Å². The Morgan fingerprint density at radius 2 is 2.00 bits per heavy atom. The molecule has 1 rings (SSSR count). The fraction of sp³-hybridized carbons (Fsp3) is 0.818. The summed E-state index contributed by atoms with van der Waals surface area (Å²) in [5.41, 5.74) is 3.88. The average molecular weight is 260 g/mol. The van der Waals surface area contributed by atoms with Gasteiger partial charge < -0.3 is 25.6 Å². The summed E-state index contributed by atoms with van der Waals surface area (Å²) in [6.07, 6.45) is -2.02. The standard InChI is InChI=1S/C11H20N2O5/c1-10(2,3)18-9(17)13-5-4-11(12,6-13)7(14)8(15)16/h7,14H,4-6,12H2,1-3H3,(H,15,16). The predicted molar refractivity (Wildman–Crippen MR) is 63.0 cm³/mol. The van der Waals surface area contributed by atoms with Crippen LogP contribution in [0.4, 0.5) is 4.79 Å². The van der Waals surface area contributed by atoms with E-state index in [0.717, 1.165) is 0 Å². The largest absolute Gasteiger partial charge is 0.479 e. The SMILES string of the molecule is CC(C)(C)OC(=O)N1CCC(N)(C(O)C(=O)O)C1. The van der Waals surface area contributed by atoms with Crippen molar-refractivity contribution in [3.8, 4) is 0 Å². The molecule has 0 bridgehead atoms. The van der Waals surface area contributed by atoms with E-state index >= 15 is 0 Å². The van der Waals surface area contributed by atoms with E-state index in [2.05, 4.69) is 0 Å². The van der Waals surface area contributed by atoms with Gasteiger partial charge in [0.1, 0.15) is 5.60 Å². The number of aliphatic hydroxyl groups excluding tert-OH is 1.